The van der Waals surface area contributed by atoms with Crippen LogP contribution in [0, 0.1) is 0 Å². The SMILES string of the molecule is CCN(C)Cc1ccccc1-c1csc(C(C)N[S+]([O-])C(C)(C)C)c1. The summed E-state index contributed by atoms with van der Waals surface area (Å²) in [5, 5.41) is 2.21. The fourth-order valence-corrected chi connectivity index (χ4v) is 4.25. The van der Waals surface area contributed by atoms with Crippen LogP contribution >= 0.6 is 11.3 Å². The Hall–Kier alpha value is -0.850. The normalized spacial score (nSPS) is 14.7. The van der Waals surface area contributed by atoms with Crippen molar-refractivity contribution in [3.8, 4) is 11.1 Å². The lowest BCUT2D eigenvalue weighted by molar-refractivity contribution is 0.346. The molecule has 2 rings (SSSR count). The molecule has 0 amide bonds. The van der Waals surface area contributed by atoms with Gasteiger partial charge in [0.2, 0.25) is 0 Å². The van der Waals surface area contributed by atoms with Crippen molar-refractivity contribution in [2.45, 2.75) is 52.0 Å². The molecule has 5 heteroatoms. The third-order valence-corrected chi connectivity index (χ3v) is 6.99. The monoisotopic (exact) mass is 378 g/mol. The molecule has 3 nitrogen and oxygen atoms in total. The Morgan fingerprint density at radius 1 is 1.28 bits per heavy atom. The minimum absolute atomic E-state index is 0.0734. The van der Waals surface area contributed by atoms with Crippen LogP contribution in [0.1, 0.15) is 51.1 Å². The number of nitrogens with one attached hydrogen (secondary N) is 1. The summed E-state index contributed by atoms with van der Waals surface area (Å²) in [6.07, 6.45) is 0. The summed E-state index contributed by atoms with van der Waals surface area (Å²) < 4.78 is 15.3. The van der Waals surface area contributed by atoms with Crippen LogP contribution in [-0.2, 0) is 17.9 Å². The van der Waals surface area contributed by atoms with E-state index in [0.717, 1.165) is 13.1 Å². The molecule has 0 aliphatic heterocycles. The number of nitrogens with zero attached hydrogens (tertiary/aromatic N) is 1. The molecule has 0 radical (unpaired) electrons. The highest BCUT2D eigenvalue weighted by Crippen LogP contribution is 2.32. The first-order chi connectivity index (χ1) is 11.7. The maximum Gasteiger partial charge on any atom is 0.136 e. The van der Waals surface area contributed by atoms with Gasteiger partial charge < -0.3 is 9.45 Å². The molecule has 0 saturated heterocycles. The van der Waals surface area contributed by atoms with Crippen LogP contribution in [0.5, 0.6) is 0 Å². The average Bonchev–Trinajstić information content (AvgIpc) is 3.04. The second-order valence-electron chi connectivity index (χ2n) is 7.45. The van der Waals surface area contributed by atoms with E-state index in [4.69, 9.17) is 0 Å². The molecule has 0 saturated carbocycles. The van der Waals surface area contributed by atoms with Crippen molar-refractivity contribution >= 4 is 22.7 Å². The van der Waals surface area contributed by atoms with Gasteiger partial charge in [-0.15, -0.1) is 16.1 Å². The van der Waals surface area contributed by atoms with Crippen molar-refractivity contribution in [3.05, 3.63) is 46.2 Å². The molecule has 0 aliphatic carbocycles. The van der Waals surface area contributed by atoms with Crippen molar-refractivity contribution in [2.24, 2.45) is 0 Å². The lowest BCUT2D eigenvalue weighted by atomic mass is 10.0. The van der Waals surface area contributed by atoms with Crippen molar-refractivity contribution in [1.29, 1.82) is 0 Å². The van der Waals surface area contributed by atoms with Crippen LogP contribution in [0.3, 0.4) is 0 Å². The van der Waals surface area contributed by atoms with Crippen molar-refractivity contribution in [3.63, 3.8) is 0 Å². The number of benzene rings is 1. The Labute approximate surface area is 159 Å². The molecule has 1 N–H and O–H groups in total. The number of hydrogen-bond acceptors (Lipinski definition) is 4. The van der Waals surface area contributed by atoms with Crippen molar-refractivity contribution in [1.82, 2.24) is 9.62 Å². The van der Waals surface area contributed by atoms with Gasteiger partial charge in [-0.1, -0.05) is 31.2 Å². The van der Waals surface area contributed by atoms with Gasteiger partial charge in [0.25, 0.3) is 0 Å². The molecule has 1 heterocycles. The third kappa shape index (κ3) is 5.56. The zero-order chi connectivity index (χ0) is 18.6. The first-order valence-corrected chi connectivity index (χ1v) is 10.8. The summed E-state index contributed by atoms with van der Waals surface area (Å²) in [6, 6.07) is 10.9. The Morgan fingerprint density at radius 3 is 2.60 bits per heavy atom. The second-order valence-corrected chi connectivity index (χ2v) is 10.4. The van der Waals surface area contributed by atoms with Crippen LogP contribution in [0.2, 0.25) is 0 Å². The Morgan fingerprint density at radius 2 is 1.96 bits per heavy atom. The van der Waals surface area contributed by atoms with Crippen LogP contribution in [-0.4, -0.2) is 27.8 Å². The lowest BCUT2D eigenvalue weighted by Gasteiger charge is -2.26. The van der Waals surface area contributed by atoms with Gasteiger partial charge in [0, 0.05) is 22.8 Å². The van der Waals surface area contributed by atoms with Crippen LogP contribution in [0.15, 0.2) is 35.7 Å². The predicted octanol–water partition coefficient (Wildman–Crippen LogP) is 4.98. The maximum atomic E-state index is 12.3. The van der Waals surface area contributed by atoms with Crippen LogP contribution in [0.4, 0.5) is 0 Å². The molecule has 25 heavy (non-hydrogen) atoms. The van der Waals surface area contributed by atoms with Gasteiger partial charge in [-0.05, 0) is 69.4 Å². The number of rotatable bonds is 7. The van der Waals surface area contributed by atoms with Crippen LogP contribution < -0.4 is 4.72 Å². The molecule has 1 aromatic carbocycles. The molecule has 138 valence electrons. The molecule has 0 bridgehead atoms. The molecule has 0 aliphatic rings. The van der Waals surface area contributed by atoms with E-state index < -0.39 is 11.4 Å². The van der Waals surface area contributed by atoms with E-state index in [1.807, 2.05) is 20.8 Å². The Balaban J connectivity index is 2.19. The van der Waals surface area contributed by atoms with Gasteiger partial charge in [-0.25, -0.2) is 0 Å². The Kier molecular flexibility index (Phi) is 7.11. The van der Waals surface area contributed by atoms with Gasteiger partial charge in [0.1, 0.15) is 4.75 Å². The van der Waals surface area contributed by atoms with Crippen molar-refractivity contribution in [2.75, 3.05) is 13.6 Å². The first-order valence-electron chi connectivity index (χ1n) is 8.75. The van der Waals surface area contributed by atoms with Crippen molar-refractivity contribution < 1.29 is 4.55 Å². The zero-order valence-corrected chi connectivity index (χ0v) is 17.8. The molecule has 0 spiro atoms. The largest absolute Gasteiger partial charge is 0.598 e. The summed E-state index contributed by atoms with van der Waals surface area (Å²) in [7, 11) is 2.14. The fourth-order valence-electron chi connectivity index (χ4n) is 2.46. The molecule has 2 atom stereocenters. The van der Waals surface area contributed by atoms with Gasteiger partial charge in [-0.3, -0.25) is 0 Å². The van der Waals surface area contributed by atoms with Crippen LogP contribution in [0.25, 0.3) is 11.1 Å². The second kappa shape index (κ2) is 8.69. The summed E-state index contributed by atoms with van der Waals surface area (Å²) in [5.74, 6) is 0. The summed E-state index contributed by atoms with van der Waals surface area (Å²) in [4.78, 5) is 3.52. The van der Waals surface area contributed by atoms with E-state index in [2.05, 4.69) is 66.2 Å². The maximum absolute atomic E-state index is 12.3. The minimum Gasteiger partial charge on any atom is -0.598 e. The molecule has 1 aromatic heterocycles. The summed E-state index contributed by atoms with van der Waals surface area (Å²) in [6.45, 7) is 12.2. The molecular formula is C20H30N2OS2. The topological polar surface area (TPSA) is 38.3 Å². The highest BCUT2D eigenvalue weighted by molar-refractivity contribution is 7.90. The number of hydrogen-bond donors (Lipinski definition) is 1. The highest BCUT2D eigenvalue weighted by Gasteiger charge is 2.28. The van der Waals surface area contributed by atoms with Gasteiger partial charge in [0.05, 0.1) is 6.04 Å². The fraction of sp³-hybridized carbons (Fsp3) is 0.500. The molecule has 0 fully saturated rings. The van der Waals surface area contributed by atoms with E-state index >= 15 is 0 Å². The van der Waals surface area contributed by atoms with E-state index in [9.17, 15) is 4.55 Å². The zero-order valence-electron chi connectivity index (χ0n) is 16.1. The lowest BCUT2D eigenvalue weighted by Crippen LogP contribution is -2.40. The standard InChI is InChI=1S/C20H30N2OS2/c1-7-22(6)13-16-10-8-9-11-18(16)17-12-19(24-14-17)15(2)21-25(23)20(3,4)5/h8-12,14-15,21H,7,13H2,1-6H3. The third-order valence-electron chi connectivity index (χ3n) is 4.19. The first kappa shape index (κ1) is 20.5. The van der Waals surface area contributed by atoms with E-state index in [1.54, 1.807) is 11.3 Å². The van der Waals surface area contributed by atoms with E-state index in [0.29, 0.717) is 0 Å². The summed E-state index contributed by atoms with van der Waals surface area (Å²) in [5.41, 5.74) is 3.87. The number of thiophene rings is 1. The van der Waals surface area contributed by atoms with E-state index in [-0.39, 0.29) is 10.8 Å². The minimum atomic E-state index is -1.07. The van der Waals surface area contributed by atoms with Gasteiger partial charge in [0.15, 0.2) is 0 Å². The predicted molar refractivity (Wildman–Crippen MR) is 111 cm³/mol. The average molecular weight is 379 g/mol. The van der Waals surface area contributed by atoms with E-state index in [1.165, 1.54) is 21.6 Å². The molecular weight excluding hydrogens is 348 g/mol. The highest BCUT2D eigenvalue weighted by atomic mass is 32.2. The quantitative estimate of drug-likeness (QED) is 0.691. The van der Waals surface area contributed by atoms with Gasteiger partial charge >= 0.3 is 0 Å². The molecule has 2 unspecified atom stereocenters. The Bertz CT molecular complexity index is 678. The molecule has 2 aromatic rings. The smallest absolute Gasteiger partial charge is 0.136 e. The summed E-state index contributed by atoms with van der Waals surface area (Å²) >= 11 is 0.661. The van der Waals surface area contributed by atoms with Gasteiger partial charge in [-0.2, -0.15) is 0 Å².